The molecule has 0 bridgehead atoms. The van der Waals surface area contributed by atoms with Gasteiger partial charge in [-0.1, -0.05) is 25.1 Å². The molecule has 0 aliphatic heterocycles. The fourth-order valence-corrected chi connectivity index (χ4v) is 4.71. The molecule has 0 spiro atoms. The average Bonchev–Trinajstić information content (AvgIpc) is 3.28. The van der Waals surface area contributed by atoms with Gasteiger partial charge in [-0.3, -0.25) is 9.69 Å². The van der Waals surface area contributed by atoms with Crippen molar-refractivity contribution in [3.05, 3.63) is 51.7 Å². The van der Waals surface area contributed by atoms with Crippen molar-refractivity contribution >= 4 is 23.4 Å². The number of aromatic hydroxyl groups is 1. The molecule has 1 aromatic heterocycles. The summed E-state index contributed by atoms with van der Waals surface area (Å²) in [5, 5.41) is 22.4. The maximum Gasteiger partial charge on any atom is 0.408 e. The second-order valence-electron chi connectivity index (χ2n) is 9.43. The molecule has 1 heterocycles. The summed E-state index contributed by atoms with van der Waals surface area (Å²) >= 11 is 1.86. The Morgan fingerprint density at radius 1 is 1.21 bits per heavy atom. The predicted octanol–water partition coefficient (Wildman–Crippen LogP) is 4.86. The molecule has 0 radical (unpaired) electrons. The van der Waals surface area contributed by atoms with Gasteiger partial charge in [0.25, 0.3) is 0 Å². The first-order valence-electron chi connectivity index (χ1n) is 11.8. The van der Waals surface area contributed by atoms with E-state index in [0.29, 0.717) is 11.8 Å². The molecule has 1 aliphatic rings. The van der Waals surface area contributed by atoms with Crippen molar-refractivity contribution in [3.63, 3.8) is 0 Å². The molecule has 2 aromatic rings. The fourth-order valence-electron chi connectivity index (χ4n) is 4.01. The Hall–Kier alpha value is -2.58. The van der Waals surface area contributed by atoms with Crippen LogP contribution in [0.15, 0.2) is 35.7 Å². The highest BCUT2D eigenvalue weighted by Crippen LogP contribution is 2.30. The Kier molecular flexibility index (Phi) is 10.9. The highest BCUT2D eigenvalue weighted by molar-refractivity contribution is 7.09. The number of alkyl carbamates (subject to hydrolysis) is 1. The number of nitrogens with zero attached hydrogens (tertiary/aromatic N) is 1. The van der Waals surface area contributed by atoms with E-state index in [9.17, 15) is 14.7 Å². The molecule has 3 N–H and O–H groups in total. The number of carboxylic acid groups (broad SMARTS) is 1. The van der Waals surface area contributed by atoms with Crippen molar-refractivity contribution in [2.75, 3.05) is 19.6 Å². The molecule has 188 valence electrons. The van der Waals surface area contributed by atoms with Gasteiger partial charge in [0.1, 0.15) is 17.9 Å². The summed E-state index contributed by atoms with van der Waals surface area (Å²) in [6.45, 7) is 9.26. The number of nitrogens with one attached hydrogen (secondary N) is 1. The first kappa shape index (κ1) is 27.7. The zero-order valence-corrected chi connectivity index (χ0v) is 21.5. The Morgan fingerprint density at radius 2 is 1.97 bits per heavy atom. The Balaban J connectivity index is 0.000000292. The van der Waals surface area contributed by atoms with Crippen LogP contribution < -0.4 is 5.32 Å². The Labute approximate surface area is 206 Å². The summed E-state index contributed by atoms with van der Waals surface area (Å²) in [5.41, 5.74) is 1.92. The third-order valence-corrected chi connectivity index (χ3v) is 6.40. The van der Waals surface area contributed by atoms with Gasteiger partial charge in [0.15, 0.2) is 0 Å². The summed E-state index contributed by atoms with van der Waals surface area (Å²) in [6.07, 6.45) is 4.88. The predicted molar refractivity (Wildman–Crippen MR) is 136 cm³/mol. The zero-order chi connectivity index (χ0) is 25.1. The topological polar surface area (TPSA) is 99.1 Å². The number of thiophene rings is 1. The quantitative estimate of drug-likeness (QED) is 0.489. The van der Waals surface area contributed by atoms with E-state index in [0.717, 1.165) is 32.2 Å². The number of phenols is 1. The number of rotatable bonds is 8. The molecule has 1 aliphatic carbocycles. The van der Waals surface area contributed by atoms with Crippen LogP contribution in [-0.2, 0) is 28.8 Å². The Morgan fingerprint density at radius 3 is 2.59 bits per heavy atom. The first-order valence-corrected chi connectivity index (χ1v) is 12.7. The smallest absolute Gasteiger partial charge is 0.408 e. The summed E-state index contributed by atoms with van der Waals surface area (Å²) < 4.78 is 4.77. The van der Waals surface area contributed by atoms with E-state index in [-0.39, 0.29) is 0 Å². The van der Waals surface area contributed by atoms with Crippen LogP contribution in [0, 0.1) is 0 Å². The van der Waals surface area contributed by atoms with Gasteiger partial charge in [-0.2, -0.15) is 0 Å². The summed E-state index contributed by atoms with van der Waals surface area (Å²) in [5.74, 6) is -0.613. The molecule has 3 rings (SSSR count). The number of benzene rings is 1. The normalized spacial score (nSPS) is 15.1. The SMILES string of the molecule is CC(C)(C)OC(=O)NCC(=O)O.CCCN(CCc1cccs1)[C@H]1CCc2c(O)cccc2C1. The number of phenolic OH excluding ortho intramolecular Hbond substituents is 1. The van der Waals surface area contributed by atoms with Gasteiger partial charge in [-0.05, 0) is 88.1 Å². The largest absolute Gasteiger partial charge is 0.508 e. The van der Waals surface area contributed by atoms with Crippen molar-refractivity contribution in [2.24, 2.45) is 0 Å². The van der Waals surface area contributed by atoms with Crippen LogP contribution in [0.4, 0.5) is 4.79 Å². The molecule has 8 heteroatoms. The zero-order valence-electron chi connectivity index (χ0n) is 20.7. The van der Waals surface area contributed by atoms with Crippen LogP contribution in [0.3, 0.4) is 0 Å². The lowest BCUT2D eigenvalue weighted by Crippen LogP contribution is -2.41. The minimum absolute atomic E-state index is 0.422. The van der Waals surface area contributed by atoms with E-state index in [2.05, 4.69) is 40.7 Å². The van der Waals surface area contributed by atoms with Gasteiger partial charge < -0.3 is 20.3 Å². The van der Waals surface area contributed by atoms with Crippen LogP contribution in [0.25, 0.3) is 0 Å². The molecule has 34 heavy (non-hydrogen) atoms. The number of carboxylic acids is 1. The lowest BCUT2D eigenvalue weighted by atomic mass is 9.86. The molecule has 0 saturated heterocycles. The molecule has 1 atom stereocenters. The second kappa shape index (κ2) is 13.3. The van der Waals surface area contributed by atoms with Crippen molar-refractivity contribution < 1.29 is 24.5 Å². The minimum Gasteiger partial charge on any atom is -0.508 e. The van der Waals surface area contributed by atoms with Crippen molar-refractivity contribution in [1.82, 2.24) is 10.2 Å². The summed E-state index contributed by atoms with van der Waals surface area (Å²) in [4.78, 5) is 24.9. The van der Waals surface area contributed by atoms with E-state index in [1.54, 1.807) is 20.8 Å². The molecule has 0 fully saturated rings. The number of carbonyl (C=O) groups is 2. The third-order valence-electron chi connectivity index (χ3n) is 5.47. The summed E-state index contributed by atoms with van der Waals surface area (Å²) in [6, 6.07) is 11.0. The number of amides is 1. The van der Waals surface area contributed by atoms with Crippen LogP contribution in [-0.4, -0.2) is 58.5 Å². The Bertz CT molecular complexity index is 908. The average molecular weight is 491 g/mol. The minimum atomic E-state index is -1.10. The van der Waals surface area contributed by atoms with Gasteiger partial charge in [0.05, 0.1) is 0 Å². The molecule has 0 saturated carbocycles. The number of hydrogen-bond acceptors (Lipinski definition) is 6. The monoisotopic (exact) mass is 490 g/mol. The lowest BCUT2D eigenvalue weighted by Gasteiger charge is -2.35. The van der Waals surface area contributed by atoms with Crippen LogP contribution >= 0.6 is 11.3 Å². The van der Waals surface area contributed by atoms with Crippen LogP contribution in [0.2, 0.25) is 0 Å². The summed E-state index contributed by atoms with van der Waals surface area (Å²) in [7, 11) is 0. The van der Waals surface area contributed by atoms with E-state index in [4.69, 9.17) is 9.84 Å². The van der Waals surface area contributed by atoms with Gasteiger partial charge >= 0.3 is 12.1 Å². The van der Waals surface area contributed by atoms with Crippen LogP contribution in [0.1, 0.15) is 56.5 Å². The molecule has 0 unspecified atom stereocenters. The van der Waals surface area contributed by atoms with E-state index in [1.807, 2.05) is 23.5 Å². The number of ether oxygens (including phenoxy) is 1. The third kappa shape index (κ3) is 9.73. The molecular weight excluding hydrogens is 452 g/mol. The van der Waals surface area contributed by atoms with Gasteiger partial charge in [-0.25, -0.2) is 4.79 Å². The maximum atomic E-state index is 10.8. The number of aliphatic carboxylic acids is 1. The maximum absolute atomic E-state index is 10.8. The molecule has 7 nitrogen and oxygen atoms in total. The van der Waals surface area contributed by atoms with Crippen LogP contribution in [0.5, 0.6) is 5.75 Å². The number of carbonyl (C=O) groups excluding carboxylic acids is 1. The van der Waals surface area contributed by atoms with E-state index < -0.39 is 24.2 Å². The highest BCUT2D eigenvalue weighted by atomic mass is 32.1. The van der Waals surface area contributed by atoms with Gasteiger partial charge in [-0.15, -0.1) is 11.3 Å². The number of hydrogen-bond donors (Lipinski definition) is 3. The van der Waals surface area contributed by atoms with Crippen molar-refractivity contribution in [1.29, 1.82) is 0 Å². The van der Waals surface area contributed by atoms with Gasteiger partial charge in [0, 0.05) is 17.5 Å². The van der Waals surface area contributed by atoms with Crippen molar-refractivity contribution in [3.8, 4) is 5.75 Å². The standard InChI is InChI=1S/C19H25NOS.C7H13NO4/c1-2-11-20(12-10-17-6-4-13-22-17)16-8-9-18-15(14-16)5-3-7-19(18)21;1-7(2,3)12-6(11)8-4-5(9)10/h3-7,13,16,21H,2,8-12,14H2,1H3;4H2,1-3H3,(H,8,11)(H,9,10)/t16-;/m0./s1. The van der Waals surface area contributed by atoms with E-state index in [1.165, 1.54) is 29.0 Å². The highest BCUT2D eigenvalue weighted by Gasteiger charge is 2.25. The second-order valence-corrected chi connectivity index (χ2v) is 10.5. The van der Waals surface area contributed by atoms with Crippen molar-refractivity contribution in [2.45, 2.75) is 71.4 Å². The fraction of sp³-hybridized carbons (Fsp3) is 0.538. The molecular formula is C26H38N2O5S. The molecule has 1 aromatic carbocycles. The number of fused-ring (bicyclic) bond motifs is 1. The van der Waals surface area contributed by atoms with E-state index >= 15 is 0 Å². The lowest BCUT2D eigenvalue weighted by molar-refractivity contribution is -0.136. The van der Waals surface area contributed by atoms with Gasteiger partial charge in [0.2, 0.25) is 0 Å². The molecule has 1 amide bonds. The first-order chi connectivity index (χ1) is 16.1.